The number of morpholine rings is 1. The number of benzene rings is 2. The number of nitrogens with zero attached hydrogens (tertiary/aromatic N) is 1. The van der Waals surface area contributed by atoms with Gasteiger partial charge in [0.15, 0.2) is 5.11 Å². The average molecular weight is 522 g/mol. The number of thiocarbonyl (C=S) groups is 1. The predicted octanol–water partition coefficient (Wildman–Crippen LogP) is 3.07. The topological polar surface area (TPSA) is 89.1 Å². The Hall–Kier alpha value is -2.53. The van der Waals surface area contributed by atoms with Gasteiger partial charge in [0, 0.05) is 37.0 Å². The van der Waals surface area contributed by atoms with Crippen molar-refractivity contribution < 1.29 is 23.8 Å². The molecule has 1 heterocycles. The van der Waals surface area contributed by atoms with E-state index < -0.39 is 0 Å². The van der Waals surface area contributed by atoms with Gasteiger partial charge in [-0.2, -0.15) is 0 Å². The molecule has 1 saturated heterocycles. The quantitative estimate of drug-likeness (QED) is 0.427. The fourth-order valence-electron chi connectivity index (χ4n) is 3.01. The normalized spacial score (nSPS) is 13.4. The number of hydrogen-bond acceptors (Lipinski definition) is 6. The van der Waals surface area contributed by atoms with E-state index in [9.17, 15) is 9.59 Å². The molecule has 10 heteroatoms. The fourth-order valence-corrected chi connectivity index (χ4v) is 3.71. The van der Waals surface area contributed by atoms with Crippen molar-refractivity contribution in [2.24, 2.45) is 0 Å². The molecule has 8 nitrogen and oxygen atoms in total. The minimum Gasteiger partial charge on any atom is -0.490 e. The maximum Gasteiger partial charge on any atom is 0.257 e. The van der Waals surface area contributed by atoms with Gasteiger partial charge in [-0.1, -0.05) is 6.07 Å². The van der Waals surface area contributed by atoms with Crippen molar-refractivity contribution in [2.45, 2.75) is 0 Å². The molecule has 2 N–H and O–H groups in total. The highest BCUT2D eigenvalue weighted by atomic mass is 79.9. The number of halogens is 1. The standard InChI is InChI=1S/C22H24BrN3O5S/c1-29-11-12-31-19-6-5-15(14-18(19)23)20(27)25-22(32)24-17-4-2-3-16(13-17)21(28)26-7-9-30-10-8-26/h2-6,13-14H,7-12H2,1H3,(H2,24,25,27,32). The first-order chi connectivity index (χ1) is 15.5. The maximum atomic E-state index is 12.7. The molecule has 2 aromatic carbocycles. The van der Waals surface area contributed by atoms with E-state index >= 15 is 0 Å². The number of hydrogen-bond donors (Lipinski definition) is 2. The highest BCUT2D eigenvalue weighted by Crippen LogP contribution is 2.26. The highest BCUT2D eigenvalue weighted by molar-refractivity contribution is 9.10. The Labute approximate surface area is 200 Å². The van der Waals surface area contributed by atoms with Gasteiger partial charge in [-0.15, -0.1) is 0 Å². The molecule has 32 heavy (non-hydrogen) atoms. The van der Waals surface area contributed by atoms with Crippen molar-refractivity contribution >= 4 is 50.8 Å². The molecule has 0 radical (unpaired) electrons. The smallest absolute Gasteiger partial charge is 0.257 e. The van der Waals surface area contributed by atoms with Gasteiger partial charge in [0.2, 0.25) is 0 Å². The molecule has 1 fully saturated rings. The van der Waals surface area contributed by atoms with E-state index in [1.807, 2.05) is 0 Å². The second-order valence-corrected chi connectivity index (χ2v) is 8.14. The summed E-state index contributed by atoms with van der Waals surface area (Å²) in [4.78, 5) is 27.0. The Kier molecular flexibility index (Phi) is 8.98. The van der Waals surface area contributed by atoms with E-state index in [1.54, 1.807) is 54.5 Å². The summed E-state index contributed by atoms with van der Waals surface area (Å²) in [5.74, 6) is 0.179. The van der Waals surface area contributed by atoms with E-state index in [1.165, 1.54) is 0 Å². The first-order valence-electron chi connectivity index (χ1n) is 9.98. The maximum absolute atomic E-state index is 12.7. The molecule has 0 unspecified atom stereocenters. The summed E-state index contributed by atoms with van der Waals surface area (Å²) in [5.41, 5.74) is 1.56. The van der Waals surface area contributed by atoms with Crippen molar-refractivity contribution in [1.82, 2.24) is 10.2 Å². The van der Waals surface area contributed by atoms with Gasteiger partial charge < -0.3 is 24.4 Å². The van der Waals surface area contributed by atoms with Crippen LogP contribution in [-0.4, -0.2) is 68.5 Å². The fraction of sp³-hybridized carbons (Fsp3) is 0.318. The summed E-state index contributed by atoms with van der Waals surface area (Å²) in [6.07, 6.45) is 0. The number of ether oxygens (including phenoxy) is 3. The van der Waals surface area contributed by atoms with E-state index in [2.05, 4.69) is 26.6 Å². The van der Waals surface area contributed by atoms with Crippen LogP contribution in [0.1, 0.15) is 20.7 Å². The number of carbonyl (C=O) groups excluding carboxylic acids is 2. The molecule has 1 aliphatic rings. The number of rotatable bonds is 7. The molecule has 0 aliphatic carbocycles. The van der Waals surface area contributed by atoms with E-state index in [0.717, 1.165) is 0 Å². The Morgan fingerprint density at radius 3 is 2.62 bits per heavy atom. The van der Waals surface area contributed by atoms with E-state index in [0.29, 0.717) is 66.6 Å². The van der Waals surface area contributed by atoms with Crippen LogP contribution >= 0.6 is 28.1 Å². The molecule has 0 spiro atoms. The molecule has 0 aromatic heterocycles. The summed E-state index contributed by atoms with van der Waals surface area (Å²) in [6.45, 7) is 3.08. The Morgan fingerprint density at radius 1 is 1.12 bits per heavy atom. The highest BCUT2D eigenvalue weighted by Gasteiger charge is 2.19. The van der Waals surface area contributed by atoms with Crippen LogP contribution in [0.15, 0.2) is 46.9 Å². The predicted molar refractivity (Wildman–Crippen MR) is 128 cm³/mol. The molecule has 1 aliphatic heterocycles. The third-order valence-electron chi connectivity index (χ3n) is 4.63. The van der Waals surface area contributed by atoms with Crippen molar-refractivity contribution in [3.8, 4) is 5.75 Å². The van der Waals surface area contributed by atoms with Crippen molar-refractivity contribution in [1.29, 1.82) is 0 Å². The first kappa shape index (κ1) is 24.1. The lowest BCUT2D eigenvalue weighted by Gasteiger charge is -2.27. The van der Waals surface area contributed by atoms with Crippen LogP contribution < -0.4 is 15.4 Å². The monoisotopic (exact) mass is 521 g/mol. The third-order valence-corrected chi connectivity index (χ3v) is 5.46. The summed E-state index contributed by atoms with van der Waals surface area (Å²) in [7, 11) is 1.60. The molecule has 3 rings (SSSR count). The van der Waals surface area contributed by atoms with Crippen LogP contribution in [0.4, 0.5) is 5.69 Å². The second kappa shape index (κ2) is 11.9. The zero-order valence-electron chi connectivity index (χ0n) is 17.6. The SMILES string of the molecule is COCCOc1ccc(C(=O)NC(=S)Nc2cccc(C(=O)N3CCOCC3)c2)cc1Br. The molecule has 0 saturated carbocycles. The minimum atomic E-state index is -0.368. The number of amides is 2. The Morgan fingerprint density at radius 2 is 1.91 bits per heavy atom. The lowest BCUT2D eigenvalue weighted by molar-refractivity contribution is 0.0303. The van der Waals surface area contributed by atoms with Gasteiger partial charge in [-0.25, -0.2) is 0 Å². The van der Waals surface area contributed by atoms with Crippen LogP contribution in [0.2, 0.25) is 0 Å². The van der Waals surface area contributed by atoms with E-state index in [4.69, 9.17) is 26.4 Å². The summed E-state index contributed by atoms with van der Waals surface area (Å²) < 4.78 is 16.5. The molecular formula is C22H24BrN3O5S. The minimum absolute atomic E-state index is 0.0652. The number of carbonyl (C=O) groups is 2. The van der Waals surface area contributed by atoms with Gasteiger partial charge in [0.25, 0.3) is 11.8 Å². The van der Waals surface area contributed by atoms with Gasteiger partial charge in [0.1, 0.15) is 12.4 Å². The number of anilines is 1. The van der Waals surface area contributed by atoms with Crippen LogP contribution in [-0.2, 0) is 9.47 Å². The van der Waals surface area contributed by atoms with Crippen molar-refractivity contribution in [3.63, 3.8) is 0 Å². The lowest BCUT2D eigenvalue weighted by Crippen LogP contribution is -2.40. The molecular weight excluding hydrogens is 498 g/mol. The van der Waals surface area contributed by atoms with Crippen LogP contribution in [0.25, 0.3) is 0 Å². The zero-order chi connectivity index (χ0) is 22.9. The second-order valence-electron chi connectivity index (χ2n) is 6.88. The number of methoxy groups -OCH3 is 1. The molecule has 2 aromatic rings. The molecule has 0 atom stereocenters. The summed E-state index contributed by atoms with van der Waals surface area (Å²) in [5, 5.41) is 5.73. The van der Waals surface area contributed by atoms with Crippen molar-refractivity contribution in [3.05, 3.63) is 58.1 Å². The van der Waals surface area contributed by atoms with Crippen LogP contribution in [0.3, 0.4) is 0 Å². The van der Waals surface area contributed by atoms with Crippen molar-refractivity contribution in [2.75, 3.05) is 51.9 Å². The lowest BCUT2D eigenvalue weighted by atomic mass is 10.1. The van der Waals surface area contributed by atoms with Gasteiger partial charge in [-0.3, -0.25) is 14.9 Å². The number of nitrogens with one attached hydrogen (secondary N) is 2. The largest absolute Gasteiger partial charge is 0.490 e. The van der Waals surface area contributed by atoms with Gasteiger partial charge >= 0.3 is 0 Å². The molecule has 2 amide bonds. The molecule has 170 valence electrons. The summed E-state index contributed by atoms with van der Waals surface area (Å²) >= 11 is 8.67. The van der Waals surface area contributed by atoms with Gasteiger partial charge in [0.05, 0.1) is 24.3 Å². The average Bonchev–Trinajstić information content (AvgIpc) is 2.80. The Balaban J connectivity index is 1.57. The Bertz CT molecular complexity index is 982. The molecule has 0 bridgehead atoms. The van der Waals surface area contributed by atoms with Crippen LogP contribution in [0, 0.1) is 0 Å². The zero-order valence-corrected chi connectivity index (χ0v) is 20.0. The van der Waals surface area contributed by atoms with Gasteiger partial charge in [-0.05, 0) is 64.5 Å². The summed E-state index contributed by atoms with van der Waals surface area (Å²) in [6, 6.07) is 12.0. The first-order valence-corrected chi connectivity index (χ1v) is 11.2. The van der Waals surface area contributed by atoms with Crippen LogP contribution in [0.5, 0.6) is 5.75 Å². The van der Waals surface area contributed by atoms with E-state index in [-0.39, 0.29) is 16.9 Å². The third kappa shape index (κ3) is 6.73.